The second-order valence-electron chi connectivity index (χ2n) is 2.55. The van der Waals surface area contributed by atoms with Gasteiger partial charge in [-0.25, -0.2) is 0 Å². The molecule has 0 fully saturated rings. The molecule has 0 aromatic carbocycles. The van der Waals surface area contributed by atoms with Gasteiger partial charge in [-0.3, -0.25) is 9.78 Å². The molecule has 0 bridgehead atoms. The number of amides is 1. The molecule has 5 heteroatoms. The fraction of sp³-hybridized carbons (Fsp3) is 0. The molecule has 14 heavy (non-hydrogen) atoms. The zero-order valence-corrected chi connectivity index (χ0v) is 7.18. The predicted molar refractivity (Wildman–Crippen MR) is 48.7 cm³/mol. The highest BCUT2D eigenvalue weighted by molar-refractivity contribution is 6.02. The standard InChI is InChI=1S/C9H7N3O2/c13-9(7-3-1-2-5-10-7)11-8-4-6-14-12-8/h1-6H,(H,11,12,13). The van der Waals surface area contributed by atoms with Crippen molar-refractivity contribution < 1.29 is 9.32 Å². The van der Waals surface area contributed by atoms with E-state index in [2.05, 4.69) is 20.0 Å². The summed E-state index contributed by atoms with van der Waals surface area (Å²) >= 11 is 0. The minimum atomic E-state index is -0.306. The average Bonchev–Trinajstić information content (AvgIpc) is 2.72. The van der Waals surface area contributed by atoms with E-state index in [1.165, 1.54) is 6.26 Å². The van der Waals surface area contributed by atoms with Gasteiger partial charge >= 0.3 is 0 Å². The lowest BCUT2D eigenvalue weighted by atomic mass is 10.3. The molecular weight excluding hydrogens is 182 g/mol. The first-order chi connectivity index (χ1) is 6.86. The molecule has 0 saturated heterocycles. The van der Waals surface area contributed by atoms with Gasteiger partial charge in [-0.1, -0.05) is 11.2 Å². The molecule has 0 atom stereocenters. The maximum Gasteiger partial charge on any atom is 0.275 e. The maximum absolute atomic E-state index is 11.5. The molecule has 1 amide bonds. The van der Waals surface area contributed by atoms with Crippen LogP contribution in [0.25, 0.3) is 0 Å². The number of rotatable bonds is 2. The molecule has 0 radical (unpaired) electrons. The van der Waals surface area contributed by atoms with Crippen molar-refractivity contribution in [3.8, 4) is 0 Å². The SMILES string of the molecule is O=C(Nc1ccon1)c1ccccn1. The lowest BCUT2D eigenvalue weighted by Gasteiger charge is -1.98. The van der Waals surface area contributed by atoms with Gasteiger partial charge in [-0.05, 0) is 12.1 Å². The van der Waals surface area contributed by atoms with Crippen LogP contribution < -0.4 is 5.32 Å². The fourth-order valence-electron chi connectivity index (χ4n) is 0.954. The summed E-state index contributed by atoms with van der Waals surface area (Å²) in [5.74, 6) is 0.0696. The summed E-state index contributed by atoms with van der Waals surface area (Å²) in [4.78, 5) is 15.3. The number of aromatic nitrogens is 2. The molecule has 2 heterocycles. The van der Waals surface area contributed by atoms with Gasteiger partial charge in [-0.15, -0.1) is 0 Å². The number of hydrogen-bond acceptors (Lipinski definition) is 4. The summed E-state index contributed by atoms with van der Waals surface area (Å²) in [6.07, 6.45) is 2.94. The zero-order valence-electron chi connectivity index (χ0n) is 7.18. The summed E-state index contributed by atoms with van der Waals surface area (Å²) in [6, 6.07) is 6.66. The lowest BCUT2D eigenvalue weighted by Crippen LogP contribution is -2.13. The highest BCUT2D eigenvalue weighted by Crippen LogP contribution is 2.03. The molecule has 0 aliphatic heterocycles. The molecule has 0 unspecified atom stereocenters. The summed E-state index contributed by atoms with van der Waals surface area (Å²) in [7, 11) is 0. The van der Waals surface area contributed by atoms with Crippen molar-refractivity contribution >= 4 is 11.7 Å². The molecule has 0 aliphatic rings. The number of hydrogen-bond donors (Lipinski definition) is 1. The van der Waals surface area contributed by atoms with Crippen LogP contribution in [0, 0.1) is 0 Å². The van der Waals surface area contributed by atoms with E-state index >= 15 is 0 Å². The van der Waals surface area contributed by atoms with Crippen LogP contribution in [-0.4, -0.2) is 16.0 Å². The highest BCUT2D eigenvalue weighted by atomic mass is 16.5. The Hall–Kier alpha value is -2.17. The van der Waals surface area contributed by atoms with Crippen molar-refractivity contribution in [1.82, 2.24) is 10.1 Å². The van der Waals surface area contributed by atoms with Crippen LogP contribution in [0.1, 0.15) is 10.5 Å². The molecule has 0 saturated carbocycles. The largest absolute Gasteiger partial charge is 0.363 e. The molecule has 5 nitrogen and oxygen atoms in total. The van der Waals surface area contributed by atoms with Gasteiger partial charge in [0, 0.05) is 12.3 Å². The maximum atomic E-state index is 11.5. The summed E-state index contributed by atoms with van der Waals surface area (Å²) < 4.78 is 4.57. The van der Waals surface area contributed by atoms with E-state index in [1.54, 1.807) is 30.5 Å². The molecule has 2 aromatic rings. The Bertz CT molecular complexity index is 411. The fourth-order valence-corrected chi connectivity index (χ4v) is 0.954. The predicted octanol–water partition coefficient (Wildman–Crippen LogP) is 1.32. The third-order valence-corrected chi connectivity index (χ3v) is 1.58. The Kier molecular flexibility index (Phi) is 2.22. The molecule has 0 spiro atoms. The monoisotopic (exact) mass is 189 g/mol. The first-order valence-electron chi connectivity index (χ1n) is 3.99. The molecular formula is C9H7N3O2. The second kappa shape index (κ2) is 3.69. The summed E-state index contributed by atoms with van der Waals surface area (Å²) in [5, 5.41) is 6.08. The van der Waals surface area contributed by atoms with E-state index in [9.17, 15) is 4.79 Å². The lowest BCUT2D eigenvalue weighted by molar-refractivity contribution is 0.102. The number of nitrogens with one attached hydrogen (secondary N) is 1. The van der Waals surface area contributed by atoms with E-state index < -0.39 is 0 Å². The van der Waals surface area contributed by atoms with E-state index in [1.807, 2.05) is 0 Å². The van der Waals surface area contributed by atoms with Crippen LogP contribution >= 0.6 is 0 Å². The van der Waals surface area contributed by atoms with Crippen LogP contribution in [0.4, 0.5) is 5.82 Å². The summed E-state index contributed by atoms with van der Waals surface area (Å²) in [6.45, 7) is 0. The van der Waals surface area contributed by atoms with Crippen molar-refractivity contribution in [2.45, 2.75) is 0 Å². The Morgan fingerprint density at radius 3 is 2.93 bits per heavy atom. The highest BCUT2D eigenvalue weighted by Gasteiger charge is 2.07. The Labute approximate surface area is 79.7 Å². The average molecular weight is 189 g/mol. The first kappa shape index (κ1) is 8.43. The number of pyridine rings is 1. The van der Waals surface area contributed by atoms with Crippen LogP contribution in [0.15, 0.2) is 41.2 Å². The summed E-state index contributed by atoms with van der Waals surface area (Å²) in [5.41, 5.74) is 0.343. The van der Waals surface area contributed by atoms with Crippen molar-refractivity contribution in [1.29, 1.82) is 0 Å². The minimum Gasteiger partial charge on any atom is -0.363 e. The third kappa shape index (κ3) is 1.77. The van der Waals surface area contributed by atoms with Gasteiger partial charge in [0.2, 0.25) is 0 Å². The van der Waals surface area contributed by atoms with Crippen molar-refractivity contribution in [3.05, 3.63) is 42.4 Å². The number of carbonyl (C=O) groups is 1. The van der Waals surface area contributed by atoms with Crippen molar-refractivity contribution in [2.75, 3.05) is 5.32 Å². The normalized spacial score (nSPS) is 9.71. The molecule has 70 valence electrons. The van der Waals surface area contributed by atoms with Crippen molar-refractivity contribution in [3.63, 3.8) is 0 Å². The smallest absolute Gasteiger partial charge is 0.275 e. The zero-order chi connectivity index (χ0) is 9.80. The Morgan fingerprint density at radius 2 is 2.29 bits per heavy atom. The minimum absolute atomic E-state index is 0.306. The molecule has 2 aromatic heterocycles. The van der Waals surface area contributed by atoms with E-state index in [-0.39, 0.29) is 5.91 Å². The second-order valence-corrected chi connectivity index (χ2v) is 2.55. The van der Waals surface area contributed by atoms with Crippen molar-refractivity contribution in [2.24, 2.45) is 0 Å². The number of anilines is 1. The van der Waals surface area contributed by atoms with E-state index in [0.29, 0.717) is 11.5 Å². The van der Waals surface area contributed by atoms with Gasteiger partial charge in [0.1, 0.15) is 12.0 Å². The molecule has 1 N–H and O–H groups in total. The van der Waals surface area contributed by atoms with Crippen LogP contribution in [-0.2, 0) is 0 Å². The van der Waals surface area contributed by atoms with Crippen LogP contribution in [0.2, 0.25) is 0 Å². The third-order valence-electron chi connectivity index (χ3n) is 1.58. The molecule has 2 rings (SSSR count). The van der Waals surface area contributed by atoms with Crippen LogP contribution in [0.5, 0.6) is 0 Å². The van der Waals surface area contributed by atoms with Gasteiger partial charge in [0.25, 0.3) is 5.91 Å². The molecule has 0 aliphatic carbocycles. The van der Waals surface area contributed by atoms with Gasteiger partial charge < -0.3 is 9.84 Å². The van der Waals surface area contributed by atoms with Gasteiger partial charge in [0.05, 0.1) is 0 Å². The van der Waals surface area contributed by atoms with E-state index in [0.717, 1.165) is 0 Å². The van der Waals surface area contributed by atoms with E-state index in [4.69, 9.17) is 0 Å². The van der Waals surface area contributed by atoms with Gasteiger partial charge in [0.15, 0.2) is 5.82 Å². The topological polar surface area (TPSA) is 68.0 Å². The Balaban J connectivity index is 2.11. The van der Waals surface area contributed by atoms with Gasteiger partial charge in [-0.2, -0.15) is 0 Å². The quantitative estimate of drug-likeness (QED) is 0.773. The number of nitrogens with zero attached hydrogens (tertiary/aromatic N) is 2. The Morgan fingerprint density at radius 1 is 1.36 bits per heavy atom. The number of carbonyl (C=O) groups excluding carboxylic acids is 1. The first-order valence-corrected chi connectivity index (χ1v) is 3.99. The van der Waals surface area contributed by atoms with Crippen LogP contribution in [0.3, 0.4) is 0 Å².